The second-order valence-electron chi connectivity index (χ2n) is 5.44. The van der Waals surface area contributed by atoms with Crippen LogP contribution in [0.15, 0.2) is 91.0 Å². The van der Waals surface area contributed by atoms with E-state index in [-0.39, 0.29) is 24.0 Å². The van der Waals surface area contributed by atoms with Crippen LogP contribution in [0.3, 0.4) is 0 Å². The molecule has 3 aromatic rings. The fourth-order valence-electron chi connectivity index (χ4n) is 2.95. The number of hydrogen-bond donors (Lipinski definition) is 0. The van der Waals surface area contributed by atoms with Crippen LogP contribution in [0.25, 0.3) is 0 Å². The minimum absolute atomic E-state index is 0. The van der Waals surface area contributed by atoms with E-state index in [0.29, 0.717) is 0 Å². The van der Waals surface area contributed by atoms with Crippen LogP contribution in [0.2, 0.25) is 0 Å². The Morgan fingerprint density at radius 2 is 0.958 bits per heavy atom. The Labute approximate surface area is 162 Å². The molecule has 0 fully saturated rings. The summed E-state index contributed by atoms with van der Waals surface area (Å²) in [5.41, 5.74) is 0. The fraction of sp³-hybridized carbons (Fsp3) is 0.143. The first kappa shape index (κ1) is 19.1. The molecular weight excluding hydrogens is 426 g/mol. The number of hydrogen-bond acceptors (Lipinski definition) is 1. The Morgan fingerprint density at radius 3 is 1.25 bits per heavy atom. The van der Waals surface area contributed by atoms with Crippen molar-refractivity contribution in [1.29, 1.82) is 0 Å². The van der Waals surface area contributed by atoms with Crippen LogP contribution in [-0.4, -0.2) is 13.0 Å². The van der Waals surface area contributed by atoms with E-state index in [1.54, 1.807) is 0 Å². The minimum Gasteiger partial charge on any atom is -1.00 e. The third-order valence-corrected chi connectivity index (χ3v) is 8.19. The van der Waals surface area contributed by atoms with Gasteiger partial charge < -0.3 is 28.7 Å². The Kier molecular flexibility index (Phi) is 7.41. The van der Waals surface area contributed by atoms with Gasteiger partial charge in [0.2, 0.25) is 0 Å². The highest BCUT2D eigenvalue weighted by Gasteiger charge is 2.45. The van der Waals surface area contributed by atoms with Crippen LogP contribution in [0.4, 0.5) is 0 Å². The first-order valence-corrected chi connectivity index (χ1v) is 9.98. The number of rotatable bonds is 6. The van der Waals surface area contributed by atoms with Gasteiger partial charge in [-0.05, 0) is 43.3 Å². The molecule has 0 aliphatic heterocycles. The van der Waals surface area contributed by atoms with Crippen molar-refractivity contribution in [3.63, 3.8) is 0 Å². The Bertz CT molecular complexity index is 620. The van der Waals surface area contributed by atoms with Gasteiger partial charge >= 0.3 is 0 Å². The van der Waals surface area contributed by atoms with Crippen molar-refractivity contribution in [3.8, 4) is 0 Å². The fourth-order valence-corrected chi connectivity index (χ4v) is 6.79. The van der Waals surface area contributed by atoms with Crippen molar-refractivity contribution in [1.82, 2.24) is 0 Å². The highest BCUT2D eigenvalue weighted by atomic mass is 127. The Hall–Kier alpha value is -1.22. The van der Waals surface area contributed by atoms with Crippen LogP contribution in [0.1, 0.15) is 6.92 Å². The predicted molar refractivity (Wildman–Crippen MR) is 102 cm³/mol. The molecule has 0 N–H and O–H groups in total. The van der Waals surface area contributed by atoms with E-state index in [9.17, 15) is 0 Å². The van der Waals surface area contributed by atoms with Gasteiger partial charge in [-0.1, -0.05) is 54.6 Å². The summed E-state index contributed by atoms with van der Waals surface area (Å²) in [6, 6.07) is 32.5. The number of benzene rings is 3. The van der Waals surface area contributed by atoms with Gasteiger partial charge in [0.15, 0.2) is 6.35 Å². The van der Waals surface area contributed by atoms with E-state index >= 15 is 0 Å². The molecular formula is C21H22IOP. The van der Waals surface area contributed by atoms with Gasteiger partial charge in [0, 0.05) is 6.61 Å². The average molecular weight is 448 g/mol. The van der Waals surface area contributed by atoms with E-state index in [0.717, 1.165) is 13.0 Å². The van der Waals surface area contributed by atoms with Gasteiger partial charge in [-0.3, -0.25) is 0 Å². The molecule has 0 amide bonds. The molecule has 0 atom stereocenters. The Balaban J connectivity index is 0.00000208. The molecule has 0 aromatic heterocycles. The topological polar surface area (TPSA) is 9.23 Å². The SMILES string of the molecule is CCOC[P+](c1ccccc1)(c1ccccc1)c1ccccc1.[I-]. The maximum Gasteiger partial charge on any atom is 0.171 e. The van der Waals surface area contributed by atoms with Gasteiger partial charge in [0.25, 0.3) is 0 Å². The van der Waals surface area contributed by atoms with Crippen molar-refractivity contribution in [2.45, 2.75) is 6.92 Å². The summed E-state index contributed by atoms with van der Waals surface area (Å²) in [5.74, 6) is 0. The molecule has 3 heteroatoms. The first-order valence-electron chi connectivity index (χ1n) is 8.00. The summed E-state index contributed by atoms with van der Waals surface area (Å²) in [5, 5.41) is 4.10. The maximum absolute atomic E-state index is 6.01. The van der Waals surface area contributed by atoms with Crippen molar-refractivity contribution in [2.75, 3.05) is 13.0 Å². The molecule has 0 heterocycles. The molecule has 0 saturated heterocycles. The van der Waals surface area contributed by atoms with E-state index in [1.807, 2.05) is 0 Å². The number of halogens is 1. The average Bonchev–Trinajstić information content (AvgIpc) is 2.65. The molecule has 3 aromatic carbocycles. The van der Waals surface area contributed by atoms with E-state index in [2.05, 4.69) is 97.9 Å². The third-order valence-electron chi connectivity index (χ3n) is 4.08. The van der Waals surface area contributed by atoms with Crippen LogP contribution in [-0.2, 0) is 4.74 Å². The van der Waals surface area contributed by atoms with Crippen LogP contribution < -0.4 is 39.9 Å². The van der Waals surface area contributed by atoms with Crippen LogP contribution >= 0.6 is 7.26 Å². The molecule has 1 nitrogen and oxygen atoms in total. The third kappa shape index (κ3) is 3.88. The molecule has 0 unspecified atom stereocenters. The zero-order valence-corrected chi connectivity index (χ0v) is 16.9. The van der Waals surface area contributed by atoms with Crippen molar-refractivity contribution >= 4 is 23.2 Å². The van der Waals surface area contributed by atoms with Crippen LogP contribution in [0, 0.1) is 0 Å². The molecule has 0 aliphatic rings. The van der Waals surface area contributed by atoms with Crippen LogP contribution in [0.5, 0.6) is 0 Å². The van der Waals surface area contributed by atoms with Crippen molar-refractivity contribution in [3.05, 3.63) is 91.0 Å². The molecule has 124 valence electrons. The monoisotopic (exact) mass is 448 g/mol. The molecule has 0 spiro atoms. The van der Waals surface area contributed by atoms with E-state index in [4.69, 9.17) is 4.74 Å². The summed E-state index contributed by atoms with van der Waals surface area (Å²) in [4.78, 5) is 0. The lowest BCUT2D eigenvalue weighted by Crippen LogP contribution is -3.00. The van der Waals surface area contributed by atoms with Gasteiger partial charge in [-0.25, -0.2) is 0 Å². The summed E-state index contributed by atoms with van der Waals surface area (Å²) in [6.45, 7) is 2.80. The van der Waals surface area contributed by atoms with E-state index in [1.165, 1.54) is 15.9 Å². The minimum atomic E-state index is -1.79. The summed E-state index contributed by atoms with van der Waals surface area (Å²) >= 11 is 0. The molecule has 3 rings (SSSR count). The van der Waals surface area contributed by atoms with E-state index < -0.39 is 7.26 Å². The normalized spacial score (nSPS) is 10.9. The maximum atomic E-state index is 6.01. The molecule has 0 saturated carbocycles. The molecule has 0 bridgehead atoms. The lowest BCUT2D eigenvalue weighted by Gasteiger charge is -2.27. The highest BCUT2D eigenvalue weighted by Crippen LogP contribution is 2.55. The molecule has 24 heavy (non-hydrogen) atoms. The zero-order valence-electron chi connectivity index (χ0n) is 13.8. The largest absolute Gasteiger partial charge is 1.00 e. The van der Waals surface area contributed by atoms with Gasteiger partial charge in [0.05, 0.1) is 0 Å². The van der Waals surface area contributed by atoms with Gasteiger partial charge in [-0.2, -0.15) is 0 Å². The molecule has 0 radical (unpaired) electrons. The summed E-state index contributed by atoms with van der Waals surface area (Å²) < 4.78 is 6.01. The quantitative estimate of drug-likeness (QED) is 0.404. The second kappa shape index (κ2) is 9.31. The smallest absolute Gasteiger partial charge is 0.171 e. The lowest BCUT2D eigenvalue weighted by molar-refractivity contribution is -0.00000500. The highest BCUT2D eigenvalue weighted by molar-refractivity contribution is 7.95. The predicted octanol–water partition coefficient (Wildman–Crippen LogP) is 0.978. The zero-order chi connectivity index (χ0) is 16.0. The standard InChI is InChI=1S/C21H22OP.HI/c1-2-22-18-23(19-12-6-3-7-13-19,20-14-8-4-9-15-20)21-16-10-5-11-17-21;/h3-17H,2,18H2,1H3;1H/q+1;/p-1. The number of ether oxygens (including phenoxy) is 1. The van der Waals surface area contributed by atoms with Crippen molar-refractivity contribution < 1.29 is 28.7 Å². The molecule has 0 aliphatic carbocycles. The van der Waals surface area contributed by atoms with Gasteiger partial charge in [-0.15, -0.1) is 0 Å². The first-order chi connectivity index (χ1) is 11.4. The van der Waals surface area contributed by atoms with Crippen molar-refractivity contribution in [2.24, 2.45) is 0 Å². The lowest BCUT2D eigenvalue weighted by atomic mass is 10.4. The van der Waals surface area contributed by atoms with Gasteiger partial charge in [0.1, 0.15) is 23.2 Å². The Morgan fingerprint density at radius 1 is 0.625 bits per heavy atom. The summed E-state index contributed by atoms with van der Waals surface area (Å²) in [6.07, 6.45) is 0.738. The second-order valence-corrected chi connectivity index (χ2v) is 8.87. The summed E-state index contributed by atoms with van der Waals surface area (Å²) in [7, 11) is -1.79.